The van der Waals surface area contributed by atoms with E-state index in [1.54, 1.807) is 0 Å². The molecule has 0 radical (unpaired) electrons. The van der Waals surface area contributed by atoms with Gasteiger partial charge in [0.1, 0.15) is 6.17 Å². The maximum absolute atomic E-state index is 13.2. The summed E-state index contributed by atoms with van der Waals surface area (Å²) < 4.78 is 17.9. The third-order valence-electron chi connectivity index (χ3n) is 2.68. The lowest BCUT2D eigenvalue weighted by atomic mass is 10.1. The number of carbonyl (C=O) groups is 1. The molecule has 0 aromatic rings. The molecule has 0 fully saturated rings. The molecular formula is C14H24BrFO2. The van der Waals surface area contributed by atoms with E-state index in [-0.39, 0.29) is 10.8 Å². The number of hydrogen-bond donors (Lipinski definition) is 0. The van der Waals surface area contributed by atoms with Gasteiger partial charge < -0.3 is 4.74 Å². The molecule has 2 atom stereocenters. The van der Waals surface area contributed by atoms with Gasteiger partial charge in [-0.3, -0.25) is 4.79 Å². The van der Waals surface area contributed by atoms with Crippen LogP contribution in [0.4, 0.5) is 4.39 Å². The van der Waals surface area contributed by atoms with Crippen molar-refractivity contribution in [3.8, 4) is 0 Å². The third kappa shape index (κ3) is 12.1. The Morgan fingerprint density at radius 3 is 2.50 bits per heavy atom. The highest BCUT2D eigenvalue weighted by Crippen LogP contribution is 2.16. The number of unbranched alkanes of at least 4 members (excludes halogenated alkanes) is 5. The molecule has 0 saturated carbocycles. The molecule has 2 unspecified atom stereocenters. The third-order valence-corrected chi connectivity index (χ3v) is 3.25. The normalized spacial score (nSPS) is 14.7. The van der Waals surface area contributed by atoms with Crippen molar-refractivity contribution >= 4 is 21.9 Å². The van der Waals surface area contributed by atoms with E-state index in [9.17, 15) is 9.18 Å². The molecule has 0 bridgehead atoms. The first-order valence-corrected chi connectivity index (χ1v) is 7.56. The van der Waals surface area contributed by atoms with E-state index >= 15 is 0 Å². The first kappa shape index (κ1) is 17.6. The molecule has 18 heavy (non-hydrogen) atoms. The van der Waals surface area contributed by atoms with Crippen LogP contribution >= 0.6 is 15.9 Å². The minimum absolute atomic E-state index is 0.0380. The zero-order valence-corrected chi connectivity index (χ0v) is 12.9. The number of halogens is 2. The average Bonchev–Trinajstić information content (AvgIpc) is 2.30. The van der Waals surface area contributed by atoms with Crippen LogP contribution in [0.3, 0.4) is 0 Å². The van der Waals surface area contributed by atoms with Gasteiger partial charge >= 0.3 is 5.97 Å². The Morgan fingerprint density at radius 2 is 1.89 bits per heavy atom. The van der Waals surface area contributed by atoms with Crippen molar-refractivity contribution in [1.82, 2.24) is 0 Å². The number of carbonyl (C=O) groups excluding carboxylic acids is 1. The van der Waals surface area contributed by atoms with E-state index in [0.29, 0.717) is 6.42 Å². The van der Waals surface area contributed by atoms with E-state index < -0.39 is 6.17 Å². The van der Waals surface area contributed by atoms with Crippen molar-refractivity contribution in [2.75, 3.05) is 0 Å². The summed E-state index contributed by atoms with van der Waals surface area (Å²) in [4.78, 5) is 10.4. The number of ether oxygens (including phenoxy) is 1. The second kappa shape index (κ2) is 11.7. The molecule has 0 N–H and O–H groups in total. The predicted molar refractivity (Wildman–Crippen MR) is 76.5 cm³/mol. The summed E-state index contributed by atoms with van der Waals surface area (Å²) in [7, 11) is 0. The van der Waals surface area contributed by atoms with Crippen LogP contribution in [0.25, 0.3) is 0 Å². The molecule has 0 amide bonds. The van der Waals surface area contributed by atoms with E-state index in [2.05, 4.69) is 20.7 Å². The highest BCUT2D eigenvalue weighted by atomic mass is 79.9. The molecule has 0 aliphatic heterocycles. The minimum Gasteiger partial charge on any atom is -0.435 e. The standard InChI is InChI=1S/C14H24BrFO2/c1-12(15)14(16)10-8-6-4-3-5-7-9-11-18-13(2)17/h9,11-12,14H,3-8,10H2,1-2H3/b11-9-. The SMILES string of the molecule is CC(=O)O/C=C\CCCCCCCC(F)C(C)Br. The molecule has 2 nitrogen and oxygen atoms in total. The van der Waals surface area contributed by atoms with Gasteiger partial charge in [-0.1, -0.05) is 41.6 Å². The van der Waals surface area contributed by atoms with Gasteiger partial charge in [0.05, 0.1) is 6.26 Å². The lowest BCUT2D eigenvalue weighted by molar-refractivity contribution is -0.135. The van der Waals surface area contributed by atoms with E-state index in [1.807, 2.05) is 13.0 Å². The van der Waals surface area contributed by atoms with Gasteiger partial charge in [0.25, 0.3) is 0 Å². The molecule has 0 aromatic heterocycles. The highest BCUT2D eigenvalue weighted by molar-refractivity contribution is 9.09. The molecule has 0 rings (SSSR count). The Kier molecular flexibility index (Phi) is 11.4. The van der Waals surface area contributed by atoms with Crippen molar-refractivity contribution in [3.05, 3.63) is 12.3 Å². The zero-order valence-electron chi connectivity index (χ0n) is 11.3. The molecule has 0 heterocycles. The topological polar surface area (TPSA) is 26.3 Å². The average molecular weight is 323 g/mol. The molecule has 0 saturated heterocycles. The summed E-state index contributed by atoms with van der Waals surface area (Å²) in [5.41, 5.74) is 0. The predicted octanol–water partition coefficient (Wildman–Crippen LogP) is 4.92. The summed E-state index contributed by atoms with van der Waals surface area (Å²) >= 11 is 3.25. The number of rotatable bonds is 10. The fourth-order valence-corrected chi connectivity index (χ4v) is 1.84. The molecule has 0 aliphatic carbocycles. The number of esters is 1. The lowest BCUT2D eigenvalue weighted by Crippen LogP contribution is -2.10. The Hall–Kier alpha value is -0.380. The first-order chi connectivity index (χ1) is 8.54. The second-order valence-electron chi connectivity index (χ2n) is 4.52. The molecule has 106 valence electrons. The molecular weight excluding hydrogens is 299 g/mol. The Balaban J connectivity index is 3.21. The zero-order chi connectivity index (χ0) is 13.8. The summed E-state index contributed by atoms with van der Waals surface area (Å²) in [5.74, 6) is -0.284. The van der Waals surface area contributed by atoms with Gasteiger partial charge in [-0.15, -0.1) is 0 Å². The van der Waals surface area contributed by atoms with Crippen molar-refractivity contribution in [3.63, 3.8) is 0 Å². The van der Waals surface area contributed by atoms with Crippen LogP contribution < -0.4 is 0 Å². The van der Waals surface area contributed by atoms with Crippen LogP contribution in [-0.4, -0.2) is 17.0 Å². The molecule has 4 heteroatoms. The fraction of sp³-hybridized carbons (Fsp3) is 0.786. The van der Waals surface area contributed by atoms with Crippen molar-refractivity contribution < 1.29 is 13.9 Å². The molecule has 0 aromatic carbocycles. The van der Waals surface area contributed by atoms with Crippen molar-refractivity contribution in [2.24, 2.45) is 0 Å². The van der Waals surface area contributed by atoms with Gasteiger partial charge in [-0.05, 0) is 32.3 Å². The van der Waals surface area contributed by atoms with Crippen molar-refractivity contribution in [2.45, 2.75) is 69.8 Å². The van der Waals surface area contributed by atoms with Crippen LogP contribution in [-0.2, 0) is 9.53 Å². The van der Waals surface area contributed by atoms with Crippen LogP contribution in [0, 0.1) is 0 Å². The van der Waals surface area contributed by atoms with Gasteiger partial charge in [0.2, 0.25) is 0 Å². The number of alkyl halides is 2. The summed E-state index contributed by atoms with van der Waals surface area (Å²) in [6, 6.07) is 0. The van der Waals surface area contributed by atoms with Gasteiger partial charge in [0.15, 0.2) is 0 Å². The van der Waals surface area contributed by atoms with Crippen LogP contribution in [0.5, 0.6) is 0 Å². The van der Waals surface area contributed by atoms with E-state index in [4.69, 9.17) is 0 Å². The van der Waals surface area contributed by atoms with E-state index in [1.165, 1.54) is 13.2 Å². The van der Waals surface area contributed by atoms with Crippen LogP contribution in [0.15, 0.2) is 12.3 Å². The second-order valence-corrected chi connectivity index (χ2v) is 5.96. The monoisotopic (exact) mass is 322 g/mol. The van der Waals surface area contributed by atoms with Crippen LogP contribution in [0.1, 0.15) is 58.8 Å². The summed E-state index contributed by atoms with van der Waals surface area (Å²) in [6.07, 6.45) is 9.60. The maximum atomic E-state index is 13.2. The Labute approximate surface area is 118 Å². The van der Waals surface area contributed by atoms with Gasteiger partial charge in [-0.25, -0.2) is 4.39 Å². The maximum Gasteiger partial charge on any atom is 0.307 e. The largest absolute Gasteiger partial charge is 0.435 e. The fourth-order valence-electron chi connectivity index (χ4n) is 1.57. The van der Waals surface area contributed by atoms with Gasteiger partial charge in [0, 0.05) is 11.8 Å². The quantitative estimate of drug-likeness (QED) is 0.247. The minimum atomic E-state index is -0.725. The summed E-state index contributed by atoms with van der Waals surface area (Å²) in [5, 5.41) is 0. The molecule has 0 aliphatic rings. The number of allylic oxidation sites excluding steroid dienone is 1. The number of hydrogen-bond acceptors (Lipinski definition) is 2. The summed E-state index contributed by atoms with van der Waals surface area (Å²) in [6.45, 7) is 3.23. The highest BCUT2D eigenvalue weighted by Gasteiger charge is 2.11. The Morgan fingerprint density at radius 1 is 1.28 bits per heavy atom. The molecule has 0 spiro atoms. The van der Waals surface area contributed by atoms with Gasteiger partial charge in [-0.2, -0.15) is 0 Å². The van der Waals surface area contributed by atoms with E-state index in [0.717, 1.165) is 38.5 Å². The first-order valence-electron chi connectivity index (χ1n) is 6.64. The Bertz CT molecular complexity index is 242. The lowest BCUT2D eigenvalue weighted by Gasteiger charge is -2.09. The smallest absolute Gasteiger partial charge is 0.307 e. The van der Waals surface area contributed by atoms with Crippen molar-refractivity contribution in [1.29, 1.82) is 0 Å². The van der Waals surface area contributed by atoms with Crippen LogP contribution in [0.2, 0.25) is 0 Å².